The summed E-state index contributed by atoms with van der Waals surface area (Å²) in [6.45, 7) is 3.56. The van der Waals surface area contributed by atoms with Gasteiger partial charge >= 0.3 is 12.0 Å². The maximum absolute atomic E-state index is 12.8. The Morgan fingerprint density at radius 1 is 1.00 bits per heavy atom. The summed E-state index contributed by atoms with van der Waals surface area (Å²) in [7, 11) is 4.60. The highest BCUT2D eigenvalue weighted by molar-refractivity contribution is 5.95. The Hall–Kier alpha value is -3.72. The number of carbonyl (C=O) groups excluding carboxylic acids is 2. The van der Waals surface area contributed by atoms with E-state index in [1.807, 2.05) is 42.5 Å². The predicted octanol–water partition coefficient (Wildman–Crippen LogP) is 2.31. The van der Waals surface area contributed by atoms with Crippen LogP contribution in [0.1, 0.15) is 11.6 Å². The number of piperazine rings is 1. The van der Waals surface area contributed by atoms with Crippen molar-refractivity contribution in [2.24, 2.45) is 0 Å². The van der Waals surface area contributed by atoms with E-state index >= 15 is 0 Å². The van der Waals surface area contributed by atoms with Crippen LogP contribution >= 0.6 is 0 Å². The number of amides is 2. The highest BCUT2D eigenvalue weighted by Crippen LogP contribution is 2.31. The number of hydrogen-bond donors (Lipinski definition) is 2. The molecule has 2 aliphatic rings. The van der Waals surface area contributed by atoms with Gasteiger partial charge in [0.2, 0.25) is 0 Å². The maximum atomic E-state index is 12.8. The highest BCUT2D eigenvalue weighted by atomic mass is 16.5. The van der Waals surface area contributed by atoms with E-state index < -0.39 is 12.0 Å². The number of esters is 1. The van der Waals surface area contributed by atoms with Gasteiger partial charge in [-0.15, -0.1) is 0 Å². The number of urea groups is 1. The number of anilines is 1. The van der Waals surface area contributed by atoms with Gasteiger partial charge < -0.3 is 29.7 Å². The normalized spacial score (nSPS) is 18.7. The first-order valence-electron chi connectivity index (χ1n) is 11.2. The standard InChI is InChI=1S/C25H30N4O5/c1-32-18-8-6-7-17(15-18)23-22(24(30)34-3)19(26-25(31)27-23)16-28-11-13-29(14-12-28)20-9-4-5-10-21(20)33-2/h4-10,15,23H,11-14,16H2,1-3H3,(H2,26,27,31)/t23-/m0/s1. The molecule has 0 aliphatic carbocycles. The summed E-state index contributed by atoms with van der Waals surface area (Å²) in [6.07, 6.45) is 0. The van der Waals surface area contributed by atoms with Gasteiger partial charge in [-0.2, -0.15) is 0 Å². The molecule has 2 aliphatic heterocycles. The fourth-order valence-corrected chi connectivity index (χ4v) is 4.43. The number of rotatable bonds is 7. The zero-order valence-corrected chi connectivity index (χ0v) is 19.7. The van der Waals surface area contributed by atoms with E-state index in [1.54, 1.807) is 14.2 Å². The van der Waals surface area contributed by atoms with Crippen molar-refractivity contribution < 1.29 is 23.8 Å². The maximum Gasteiger partial charge on any atom is 0.338 e. The molecule has 9 nitrogen and oxygen atoms in total. The third-order valence-corrected chi connectivity index (χ3v) is 6.17. The fourth-order valence-electron chi connectivity index (χ4n) is 4.43. The Kier molecular flexibility index (Phi) is 7.22. The average Bonchev–Trinajstić information content (AvgIpc) is 2.88. The lowest BCUT2D eigenvalue weighted by Crippen LogP contribution is -2.51. The van der Waals surface area contributed by atoms with Crippen molar-refractivity contribution in [2.75, 3.05) is 59.0 Å². The molecule has 2 amide bonds. The van der Waals surface area contributed by atoms with Gasteiger partial charge in [0.05, 0.1) is 38.6 Å². The molecule has 9 heteroatoms. The molecule has 34 heavy (non-hydrogen) atoms. The topological polar surface area (TPSA) is 92.4 Å². The molecule has 0 spiro atoms. The second kappa shape index (κ2) is 10.5. The minimum atomic E-state index is -0.638. The molecule has 2 aromatic rings. The third kappa shape index (κ3) is 4.94. The van der Waals surface area contributed by atoms with Crippen molar-refractivity contribution in [3.8, 4) is 11.5 Å². The molecular weight excluding hydrogens is 436 g/mol. The first kappa shape index (κ1) is 23.4. The number of hydrogen-bond acceptors (Lipinski definition) is 7. The minimum absolute atomic E-state index is 0.358. The number of carbonyl (C=O) groups is 2. The molecule has 1 fully saturated rings. The number of nitrogens with one attached hydrogen (secondary N) is 2. The van der Waals surface area contributed by atoms with E-state index in [2.05, 4.69) is 26.5 Å². The third-order valence-electron chi connectivity index (χ3n) is 6.17. The molecule has 4 rings (SSSR count). The van der Waals surface area contributed by atoms with E-state index in [9.17, 15) is 9.59 Å². The average molecular weight is 467 g/mol. The predicted molar refractivity (Wildman–Crippen MR) is 128 cm³/mol. The fraction of sp³-hybridized carbons (Fsp3) is 0.360. The van der Waals surface area contributed by atoms with Crippen LogP contribution in [0.3, 0.4) is 0 Å². The molecule has 1 atom stereocenters. The lowest BCUT2D eigenvalue weighted by atomic mass is 9.94. The summed E-state index contributed by atoms with van der Waals surface area (Å²) in [4.78, 5) is 29.9. The zero-order valence-electron chi connectivity index (χ0n) is 19.7. The first-order valence-corrected chi connectivity index (χ1v) is 11.2. The number of ether oxygens (including phenoxy) is 3. The number of methoxy groups -OCH3 is 3. The quantitative estimate of drug-likeness (QED) is 0.605. The van der Waals surface area contributed by atoms with Gasteiger partial charge in [-0.05, 0) is 29.8 Å². The van der Waals surface area contributed by atoms with E-state index in [0.29, 0.717) is 23.6 Å². The summed E-state index contributed by atoms with van der Waals surface area (Å²) in [6, 6.07) is 14.3. The Labute approximate surface area is 199 Å². The van der Waals surface area contributed by atoms with Crippen molar-refractivity contribution in [1.29, 1.82) is 0 Å². The van der Waals surface area contributed by atoms with Crippen LogP contribution in [-0.2, 0) is 9.53 Å². The summed E-state index contributed by atoms with van der Waals surface area (Å²) in [5.41, 5.74) is 2.75. The van der Waals surface area contributed by atoms with Gasteiger partial charge in [-0.25, -0.2) is 9.59 Å². The monoisotopic (exact) mass is 466 g/mol. The molecule has 0 aromatic heterocycles. The first-order chi connectivity index (χ1) is 16.5. The smallest absolute Gasteiger partial charge is 0.338 e. The van der Waals surface area contributed by atoms with Crippen molar-refractivity contribution >= 4 is 17.7 Å². The molecule has 1 saturated heterocycles. The van der Waals surface area contributed by atoms with Crippen LogP contribution in [0.5, 0.6) is 11.5 Å². The minimum Gasteiger partial charge on any atom is -0.497 e. The van der Waals surface area contributed by atoms with Gasteiger partial charge in [0, 0.05) is 38.4 Å². The number of benzene rings is 2. The van der Waals surface area contributed by atoms with Crippen molar-refractivity contribution in [3.05, 3.63) is 65.4 Å². The van der Waals surface area contributed by atoms with E-state index in [-0.39, 0.29) is 6.03 Å². The van der Waals surface area contributed by atoms with Gasteiger partial charge in [-0.1, -0.05) is 24.3 Å². The molecule has 0 radical (unpaired) electrons. The van der Waals surface area contributed by atoms with Gasteiger partial charge in [0.1, 0.15) is 11.5 Å². The van der Waals surface area contributed by atoms with Crippen LogP contribution in [0.25, 0.3) is 0 Å². The van der Waals surface area contributed by atoms with E-state index in [1.165, 1.54) is 7.11 Å². The molecule has 0 bridgehead atoms. The molecule has 180 valence electrons. The summed E-state index contributed by atoms with van der Waals surface area (Å²) in [5, 5.41) is 5.69. The van der Waals surface area contributed by atoms with Crippen LogP contribution in [0, 0.1) is 0 Å². The lowest BCUT2D eigenvalue weighted by molar-refractivity contribution is -0.136. The Balaban J connectivity index is 1.55. The van der Waals surface area contributed by atoms with Gasteiger partial charge in [0.15, 0.2) is 0 Å². The molecule has 0 unspecified atom stereocenters. The summed E-state index contributed by atoms with van der Waals surface area (Å²) < 4.78 is 15.9. The second-order valence-electron chi connectivity index (χ2n) is 8.13. The van der Waals surface area contributed by atoms with E-state index in [4.69, 9.17) is 14.2 Å². The van der Waals surface area contributed by atoms with Crippen LogP contribution in [0.4, 0.5) is 10.5 Å². The van der Waals surface area contributed by atoms with Gasteiger partial charge in [-0.3, -0.25) is 4.90 Å². The SMILES string of the molecule is COC(=O)C1=C(CN2CCN(c3ccccc3OC)CC2)NC(=O)N[C@H]1c1cccc(OC)c1. The van der Waals surface area contributed by atoms with Crippen LogP contribution in [-0.4, -0.2) is 71.0 Å². The van der Waals surface area contributed by atoms with Gasteiger partial charge in [0.25, 0.3) is 0 Å². The van der Waals surface area contributed by atoms with E-state index in [0.717, 1.165) is 43.2 Å². The van der Waals surface area contributed by atoms with Crippen LogP contribution in [0.15, 0.2) is 59.8 Å². The molecular formula is C25H30N4O5. The zero-order chi connectivity index (χ0) is 24.1. The number of para-hydroxylation sites is 2. The van der Waals surface area contributed by atoms with Crippen LogP contribution < -0.4 is 25.0 Å². The molecule has 2 heterocycles. The largest absolute Gasteiger partial charge is 0.497 e. The Morgan fingerprint density at radius 3 is 2.47 bits per heavy atom. The number of nitrogens with zero attached hydrogens (tertiary/aromatic N) is 2. The second-order valence-corrected chi connectivity index (χ2v) is 8.13. The molecule has 2 N–H and O–H groups in total. The van der Waals surface area contributed by atoms with Crippen molar-refractivity contribution in [3.63, 3.8) is 0 Å². The summed E-state index contributed by atoms with van der Waals surface area (Å²) >= 11 is 0. The Bertz CT molecular complexity index is 1080. The molecule has 2 aromatic carbocycles. The summed E-state index contributed by atoms with van der Waals surface area (Å²) in [5.74, 6) is 1.00. The van der Waals surface area contributed by atoms with Crippen molar-refractivity contribution in [2.45, 2.75) is 6.04 Å². The van der Waals surface area contributed by atoms with Crippen molar-refractivity contribution in [1.82, 2.24) is 15.5 Å². The Morgan fingerprint density at radius 2 is 1.76 bits per heavy atom. The van der Waals surface area contributed by atoms with Crippen LogP contribution in [0.2, 0.25) is 0 Å². The molecule has 0 saturated carbocycles. The highest BCUT2D eigenvalue weighted by Gasteiger charge is 2.34. The lowest BCUT2D eigenvalue weighted by Gasteiger charge is -2.38.